The highest BCUT2D eigenvalue weighted by Crippen LogP contribution is 2.35. The van der Waals surface area contributed by atoms with Crippen molar-refractivity contribution in [1.29, 1.82) is 0 Å². The van der Waals surface area contributed by atoms with E-state index in [0.29, 0.717) is 26.2 Å². The Labute approximate surface area is 148 Å². The van der Waals surface area contributed by atoms with Crippen LogP contribution in [0.3, 0.4) is 0 Å². The number of benzene rings is 1. The van der Waals surface area contributed by atoms with Crippen LogP contribution in [0.15, 0.2) is 53.6 Å². The van der Waals surface area contributed by atoms with E-state index in [0.717, 1.165) is 0 Å². The van der Waals surface area contributed by atoms with Gasteiger partial charge in [-0.2, -0.15) is 0 Å². The first-order chi connectivity index (χ1) is 11.5. The zero-order valence-corrected chi connectivity index (χ0v) is 14.0. The van der Waals surface area contributed by atoms with E-state index in [9.17, 15) is 9.59 Å². The molecule has 0 spiro atoms. The smallest absolute Gasteiger partial charge is 0.307 e. The Hall–Kier alpha value is -2.51. The number of pyridine rings is 1. The number of hydrogen-bond acceptors (Lipinski definition) is 5. The molecule has 0 radical (unpaired) electrons. The van der Waals surface area contributed by atoms with Gasteiger partial charge in [0.15, 0.2) is 4.32 Å². The van der Waals surface area contributed by atoms with E-state index in [1.807, 2.05) is 12.1 Å². The Morgan fingerprint density at radius 2 is 2.00 bits per heavy atom. The molecule has 1 aliphatic heterocycles. The molecule has 120 valence electrons. The van der Waals surface area contributed by atoms with E-state index >= 15 is 0 Å². The van der Waals surface area contributed by atoms with Crippen LogP contribution in [0.5, 0.6) is 0 Å². The Bertz CT molecular complexity index is 833. The van der Waals surface area contributed by atoms with E-state index in [2.05, 4.69) is 4.98 Å². The van der Waals surface area contributed by atoms with Crippen LogP contribution in [0, 0.1) is 0 Å². The van der Waals surface area contributed by atoms with Crippen LogP contribution in [0.4, 0.5) is 5.69 Å². The van der Waals surface area contributed by atoms with Crippen molar-refractivity contribution in [2.75, 3.05) is 4.90 Å². The molecular weight excluding hydrogens is 344 g/mol. The number of aromatic nitrogens is 1. The highest BCUT2D eigenvalue weighted by molar-refractivity contribution is 8.27. The molecule has 0 unspecified atom stereocenters. The average Bonchev–Trinajstić information content (AvgIpc) is 2.83. The number of amides is 1. The molecule has 1 aromatic carbocycles. The Morgan fingerprint density at radius 1 is 1.25 bits per heavy atom. The lowest BCUT2D eigenvalue weighted by molar-refractivity contribution is -0.136. The highest BCUT2D eigenvalue weighted by Gasteiger charge is 2.33. The van der Waals surface area contributed by atoms with Crippen molar-refractivity contribution in [1.82, 2.24) is 4.98 Å². The molecule has 1 aliphatic rings. The predicted molar refractivity (Wildman–Crippen MR) is 97.7 cm³/mol. The molecule has 0 saturated carbocycles. The number of anilines is 1. The third-order valence-corrected chi connectivity index (χ3v) is 4.61. The van der Waals surface area contributed by atoms with Gasteiger partial charge in [0, 0.05) is 6.20 Å². The molecule has 0 aliphatic carbocycles. The second kappa shape index (κ2) is 6.94. The van der Waals surface area contributed by atoms with Gasteiger partial charge in [0.05, 0.1) is 22.7 Å². The topological polar surface area (TPSA) is 70.5 Å². The van der Waals surface area contributed by atoms with Crippen molar-refractivity contribution in [2.24, 2.45) is 0 Å². The second-order valence-electron chi connectivity index (χ2n) is 5.01. The maximum absolute atomic E-state index is 12.6. The number of nitrogens with zero attached hydrogens (tertiary/aromatic N) is 2. The van der Waals surface area contributed by atoms with Crippen LogP contribution in [0.1, 0.15) is 11.3 Å². The summed E-state index contributed by atoms with van der Waals surface area (Å²) in [5, 5.41) is 8.80. The number of rotatable bonds is 4. The largest absolute Gasteiger partial charge is 0.481 e. The van der Waals surface area contributed by atoms with Crippen LogP contribution < -0.4 is 4.90 Å². The van der Waals surface area contributed by atoms with Gasteiger partial charge in [0.2, 0.25) is 0 Å². The summed E-state index contributed by atoms with van der Waals surface area (Å²) in [6, 6.07) is 12.2. The maximum Gasteiger partial charge on any atom is 0.307 e. The standard InChI is InChI=1S/C17H12N2O3S2/c20-15(21)9-11-4-6-13(7-5-11)19-16(22)14(24-17(19)23)10-12-3-1-2-8-18-12/h1-8,10H,9H2,(H,20,21)/b14-10-. The molecule has 24 heavy (non-hydrogen) atoms. The first-order valence-corrected chi connectivity index (χ1v) is 8.27. The molecule has 3 rings (SSSR count). The molecule has 5 nitrogen and oxygen atoms in total. The molecule has 1 amide bonds. The number of carboxylic acid groups (broad SMARTS) is 1. The summed E-state index contributed by atoms with van der Waals surface area (Å²) in [5.41, 5.74) is 1.98. The first-order valence-electron chi connectivity index (χ1n) is 7.04. The molecule has 1 aromatic heterocycles. The quantitative estimate of drug-likeness (QED) is 0.670. The number of hydrogen-bond donors (Lipinski definition) is 1. The number of carbonyl (C=O) groups is 2. The minimum atomic E-state index is -0.897. The van der Waals surface area contributed by atoms with Gasteiger partial charge in [-0.3, -0.25) is 19.5 Å². The molecule has 0 atom stereocenters. The van der Waals surface area contributed by atoms with Gasteiger partial charge >= 0.3 is 5.97 Å². The minimum absolute atomic E-state index is 0.0573. The fourth-order valence-electron chi connectivity index (χ4n) is 2.22. The highest BCUT2D eigenvalue weighted by atomic mass is 32.2. The van der Waals surface area contributed by atoms with Gasteiger partial charge in [-0.25, -0.2) is 0 Å². The summed E-state index contributed by atoms with van der Waals surface area (Å²) in [5.74, 6) is -1.10. The predicted octanol–water partition coefficient (Wildman–Crippen LogP) is 3.11. The molecule has 1 fully saturated rings. The molecule has 1 saturated heterocycles. The molecule has 0 bridgehead atoms. The van der Waals surface area contributed by atoms with Crippen molar-refractivity contribution in [2.45, 2.75) is 6.42 Å². The summed E-state index contributed by atoms with van der Waals surface area (Å²) < 4.78 is 0.438. The van der Waals surface area contributed by atoms with Crippen molar-refractivity contribution >= 4 is 51.9 Å². The Morgan fingerprint density at radius 3 is 2.62 bits per heavy atom. The summed E-state index contributed by atoms with van der Waals surface area (Å²) in [6.07, 6.45) is 3.31. The summed E-state index contributed by atoms with van der Waals surface area (Å²) in [7, 11) is 0. The zero-order valence-electron chi connectivity index (χ0n) is 12.4. The Balaban J connectivity index is 1.84. The van der Waals surface area contributed by atoms with E-state index < -0.39 is 5.97 Å². The lowest BCUT2D eigenvalue weighted by atomic mass is 10.1. The SMILES string of the molecule is O=C(O)Cc1ccc(N2C(=O)/C(=C/c3ccccn3)SC2=S)cc1. The molecule has 7 heteroatoms. The molecule has 2 heterocycles. The maximum atomic E-state index is 12.6. The van der Waals surface area contributed by atoms with Gasteiger partial charge in [0.25, 0.3) is 5.91 Å². The minimum Gasteiger partial charge on any atom is -0.481 e. The summed E-state index contributed by atoms with van der Waals surface area (Å²) >= 11 is 6.53. The van der Waals surface area contributed by atoms with Crippen LogP contribution in [0.2, 0.25) is 0 Å². The third kappa shape index (κ3) is 3.52. The monoisotopic (exact) mass is 356 g/mol. The first kappa shape index (κ1) is 16.4. The zero-order chi connectivity index (χ0) is 17.1. The average molecular weight is 356 g/mol. The van der Waals surface area contributed by atoms with E-state index in [1.165, 1.54) is 16.7 Å². The van der Waals surface area contributed by atoms with Crippen LogP contribution in [0.25, 0.3) is 6.08 Å². The summed E-state index contributed by atoms with van der Waals surface area (Å²) in [4.78, 5) is 29.5. The number of aliphatic carboxylic acids is 1. The van der Waals surface area contributed by atoms with Crippen LogP contribution >= 0.6 is 24.0 Å². The number of thiocarbonyl (C=S) groups is 1. The van der Waals surface area contributed by atoms with Crippen molar-refractivity contribution in [3.63, 3.8) is 0 Å². The van der Waals surface area contributed by atoms with Crippen LogP contribution in [-0.2, 0) is 16.0 Å². The third-order valence-electron chi connectivity index (χ3n) is 3.31. The fourth-order valence-corrected chi connectivity index (χ4v) is 3.51. The number of carbonyl (C=O) groups excluding carboxylic acids is 1. The molecule has 2 aromatic rings. The van der Waals surface area contributed by atoms with Crippen molar-refractivity contribution in [3.8, 4) is 0 Å². The van der Waals surface area contributed by atoms with Gasteiger partial charge in [-0.15, -0.1) is 0 Å². The lowest BCUT2D eigenvalue weighted by Gasteiger charge is -2.14. The summed E-state index contributed by atoms with van der Waals surface area (Å²) in [6.45, 7) is 0. The van der Waals surface area contributed by atoms with Gasteiger partial charge in [-0.1, -0.05) is 42.2 Å². The van der Waals surface area contributed by atoms with Gasteiger partial charge < -0.3 is 5.11 Å². The molecule has 1 N–H and O–H groups in total. The van der Waals surface area contributed by atoms with Gasteiger partial charge in [-0.05, 0) is 35.9 Å². The fraction of sp³-hybridized carbons (Fsp3) is 0.0588. The van der Waals surface area contributed by atoms with E-state index in [1.54, 1.807) is 42.6 Å². The normalized spacial score (nSPS) is 16.0. The van der Waals surface area contributed by atoms with Crippen molar-refractivity contribution in [3.05, 3.63) is 64.8 Å². The Kier molecular flexibility index (Phi) is 4.73. The number of thioether (sulfide) groups is 1. The van der Waals surface area contributed by atoms with E-state index in [-0.39, 0.29) is 12.3 Å². The number of carboxylic acids is 1. The second-order valence-corrected chi connectivity index (χ2v) is 6.68. The van der Waals surface area contributed by atoms with E-state index in [4.69, 9.17) is 17.3 Å². The van der Waals surface area contributed by atoms with Crippen molar-refractivity contribution < 1.29 is 14.7 Å². The van der Waals surface area contributed by atoms with Crippen LogP contribution in [-0.4, -0.2) is 26.3 Å². The van der Waals surface area contributed by atoms with Gasteiger partial charge in [0.1, 0.15) is 0 Å². The molecular formula is C17H12N2O3S2. The lowest BCUT2D eigenvalue weighted by Crippen LogP contribution is -2.27.